The number of aromatic nitrogens is 1. The molecular weight excluding hydrogens is 403 g/mol. The third-order valence-electron chi connectivity index (χ3n) is 5.52. The van der Waals surface area contributed by atoms with Crippen molar-refractivity contribution in [2.75, 3.05) is 44.7 Å². The van der Waals surface area contributed by atoms with E-state index in [0.29, 0.717) is 62.6 Å². The van der Waals surface area contributed by atoms with Crippen molar-refractivity contribution >= 4 is 17.6 Å². The van der Waals surface area contributed by atoms with Gasteiger partial charge in [-0.05, 0) is 31.2 Å². The molecule has 31 heavy (non-hydrogen) atoms. The average molecular weight is 428 g/mol. The molecule has 1 aromatic heterocycles. The van der Waals surface area contributed by atoms with E-state index in [9.17, 15) is 14.0 Å². The van der Waals surface area contributed by atoms with Crippen molar-refractivity contribution in [3.05, 3.63) is 53.5 Å². The van der Waals surface area contributed by atoms with E-state index in [1.165, 1.54) is 6.07 Å². The second-order valence-corrected chi connectivity index (χ2v) is 7.58. The zero-order chi connectivity index (χ0) is 21.8. The summed E-state index contributed by atoms with van der Waals surface area (Å²) in [5, 5.41) is 2.75. The van der Waals surface area contributed by atoms with Gasteiger partial charge < -0.3 is 24.6 Å². The average Bonchev–Trinajstić information content (AvgIpc) is 3.26. The zero-order valence-electron chi connectivity index (χ0n) is 17.3. The summed E-state index contributed by atoms with van der Waals surface area (Å²) in [6.07, 6.45) is 1.90. The highest BCUT2D eigenvalue weighted by Crippen LogP contribution is 2.23. The van der Waals surface area contributed by atoms with Gasteiger partial charge in [0.15, 0.2) is 0 Å². The van der Waals surface area contributed by atoms with Crippen molar-refractivity contribution in [3.8, 4) is 5.88 Å². The number of urea groups is 1. The van der Waals surface area contributed by atoms with Gasteiger partial charge in [-0.3, -0.25) is 4.79 Å². The lowest BCUT2D eigenvalue weighted by molar-refractivity contribution is 0.0298. The molecule has 9 heteroatoms. The number of carbonyl (C=O) groups excluding carboxylic acids is 2. The van der Waals surface area contributed by atoms with E-state index in [4.69, 9.17) is 9.47 Å². The first-order valence-corrected chi connectivity index (χ1v) is 10.3. The van der Waals surface area contributed by atoms with E-state index in [-0.39, 0.29) is 29.7 Å². The highest BCUT2D eigenvalue weighted by molar-refractivity contribution is 5.96. The largest absolute Gasteiger partial charge is 0.472 e. The molecule has 1 aromatic carbocycles. The van der Waals surface area contributed by atoms with Crippen molar-refractivity contribution < 1.29 is 23.5 Å². The number of carbonyl (C=O) groups is 2. The maximum Gasteiger partial charge on any atom is 0.321 e. The summed E-state index contributed by atoms with van der Waals surface area (Å²) >= 11 is 0. The Kier molecular flexibility index (Phi) is 6.31. The Morgan fingerprint density at radius 1 is 1.16 bits per heavy atom. The van der Waals surface area contributed by atoms with E-state index < -0.39 is 0 Å². The Labute approximate surface area is 179 Å². The van der Waals surface area contributed by atoms with Crippen LogP contribution in [0.1, 0.15) is 22.3 Å². The molecule has 2 aliphatic heterocycles. The summed E-state index contributed by atoms with van der Waals surface area (Å²) in [6, 6.07) is 7.67. The Hall–Kier alpha value is -3.20. The zero-order valence-corrected chi connectivity index (χ0v) is 17.3. The molecule has 0 radical (unpaired) electrons. The fourth-order valence-corrected chi connectivity index (χ4v) is 3.69. The van der Waals surface area contributed by atoms with Gasteiger partial charge in [-0.25, -0.2) is 14.2 Å². The van der Waals surface area contributed by atoms with Gasteiger partial charge in [0.2, 0.25) is 5.88 Å². The summed E-state index contributed by atoms with van der Waals surface area (Å²) < 4.78 is 25.0. The fourth-order valence-electron chi connectivity index (χ4n) is 3.69. The van der Waals surface area contributed by atoms with Crippen LogP contribution in [0.3, 0.4) is 0 Å². The first-order valence-electron chi connectivity index (χ1n) is 10.3. The van der Waals surface area contributed by atoms with Gasteiger partial charge in [0.05, 0.1) is 19.8 Å². The highest BCUT2D eigenvalue weighted by Gasteiger charge is 2.30. The summed E-state index contributed by atoms with van der Waals surface area (Å²) in [5.41, 5.74) is 1.24. The number of likely N-dealkylation sites (tertiary alicyclic amines) is 1. The Morgan fingerprint density at radius 3 is 2.77 bits per heavy atom. The topological polar surface area (TPSA) is 84.0 Å². The van der Waals surface area contributed by atoms with Crippen LogP contribution in [-0.4, -0.2) is 72.2 Å². The number of hydrogen-bond donors (Lipinski definition) is 1. The molecule has 2 fully saturated rings. The molecule has 1 unspecified atom stereocenters. The smallest absolute Gasteiger partial charge is 0.321 e. The molecule has 3 heterocycles. The second-order valence-electron chi connectivity index (χ2n) is 7.58. The number of pyridine rings is 1. The first kappa shape index (κ1) is 21.0. The maximum atomic E-state index is 13.7. The van der Waals surface area contributed by atoms with Gasteiger partial charge in [0.1, 0.15) is 17.5 Å². The van der Waals surface area contributed by atoms with Crippen LogP contribution < -0.4 is 10.1 Å². The number of anilines is 1. The quantitative estimate of drug-likeness (QED) is 0.810. The minimum absolute atomic E-state index is 0.138. The molecule has 0 aliphatic carbocycles. The van der Waals surface area contributed by atoms with Crippen molar-refractivity contribution in [1.82, 2.24) is 14.8 Å². The van der Waals surface area contributed by atoms with Crippen molar-refractivity contribution in [1.29, 1.82) is 0 Å². The molecule has 164 valence electrons. The highest BCUT2D eigenvalue weighted by atomic mass is 19.1. The minimum Gasteiger partial charge on any atom is -0.472 e. The van der Waals surface area contributed by atoms with Crippen LogP contribution in [0.2, 0.25) is 0 Å². The minimum atomic E-state index is -0.368. The molecule has 2 aliphatic rings. The lowest BCUT2D eigenvalue weighted by Gasteiger charge is -2.27. The number of hydrogen-bond acceptors (Lipinski definition) is 5. The number of ether oxygens (including phenoxy) is 2. The van der Waals surface area contributed by atoms with Gasteiger partial charge in [-0.1, -0.05) is 6.07 Å². The van der Waals surface area contributed by atoms with E-state index in [1.54, 1.807) is 47.2 Å². The number of amides is 3. The van der Waals surface area contributed by atoms with Crippen molar-refractivity contribution in [2.45, 2.75) is 19.4 Å². The van der Waals surface area contributed by atoms with Crippen LogP contribution in [0.25, 0.3) is 0 Å². The SMILES string of the molecule is Cc1c(F)cccc1NC(=O)N1CCC(Oc2ncccc2C(=O)N2CCOCC2)C1. The molecule has 1 atom stereocenters. The molecule has 4 rings (SSSR count). The second kappa shape index (κ2) is 9.30. The third-order valence-corrected chi connectivity index (χ3v) is 5.52. The normalized spacial score (nSPS) is 18.7. The Morgan fingerprint density at radius 2 is 1.97 bits per heavy atom. The summed E-state index contributed by atoms with van der Waals surface area (Å²) in [6.45, 7) is 4.55. The lowest BCUT2D eigenvalue weighted by atomic mass is 10.2. The third kappa shape index (κ3) is 4.77. The molecule has 3 amide bonds. The monoisotopic (exact) mass is 428 g/mol. The number of nitrogens with zero attached hydrogens (tertiary/aromatic N) is 3. The van der Waals surface area contributed by atoms with Crippen molar-refractivity contribution in [2.24, 2.45) is 0 Å². The van der Waals surface area contributed by atoms with Gasteiger partial charge in [-0.2, -0.15) is 0 Å². The molecule has 0 spiro atoms. The Bertz CT molecular complexity index is 964. The Balaban J connectivity index is 1.39. The number of rotatable bonds is 4. The van der Waals surface area contributed by atoms with Crippen LogP contribution in [0.5, 0.6) is 5.88 Å². The van der Waals surface area contributed by atoms with Gasteiger partial charge >= 0.3 is 6.03 Å². The van der Waals surface area contributed by atoms with Crippen LogP contribution in [-0.2, 0) is 4.74 Å². The maximum absolute atomic E-state index is 13.7. The summed E-state index contributed by atoms with van der Waals surface area (Å²) in [5.74, 6) is -0.235. The van der Waals surface area contributed by atoms with E-state index in [1.807, 2.05) is 0 Å². The number of morpholine rings is 1. The molecule has 2 saturated heterocycles. The van der Waals surface area contributed by atoms with Crippen LogP contribution in [0.4, 0.5) is 14.9 Å². The molecule has 1 N–H and O–H groups in total. The standard InChI is InChI=1S/C22H25FN4O4/c1-15-18(23)5-2-6-19(15)25-22(29)27-9-7-16(14-27)31-20-17(4-3-8-24-20)21(28)26-10-12-30-13-11-26/h2-6,8,16H,7,9-14H2,1H3,(H,25,29). The predicted molar refractivity (Wildman–Crippen MR) is 112 cm³/mol. The summed E-state index contributed by atoms with van der Waals surface area (Å²) in [7, 11) is 0. The fraction of sp³-hybridized carbons (Fsp3) is 0.409. The lowest BCUT2D eigenvalue weighted by Crippen LogP contribution is -2.41. The van der Waals surface area contributed by atoms with E-state index in [2.05, 4.69) is 10.3 Å². The van der Waals surface area contributed by atoms with Crippen LogP contribution >= 0.6 is 0 Å². The number of halogens is 1. The molecular formula is C22H25FN4O4. The van der Waals surface area contributed by atoms with E-state index >= 15 is 0 Å². The number of nitrogens with one attached hydrogen (secondary N) is 1. The van der Waals surface area contributed by atoms with Crippen molar-refractivity contribution in [3.63, 3.8) is 0 Å². The molecule has 0 bridgehead atoms. The first-order chi connectivity index (χ1) is 15.0. The number of benzene rings is 1. The molecule has 2 aromatic rings. The predicted octanol–water partition coefficient (Wildman–Crippen LogP) is 2.69. The van der Waals surface area contributed by atoms with Gasteiger partial charge in [-0.15, -0.1) is 0 Å². The summed E-state index contributed by atoms with van der Waals surface area (Å²) in [4.78, 5) is 33.1. The molecule has 8 nitrogen and oxygen atoms in total. The van der Waals surface area contributed by atoms with E-state index in [0.717, 1.165) is 0 Å². The van der Waals surface area contributed by atoms with Gasteiger partial charge in [0.25, 0.3) is 5.91 Å². The van der Waals surface area contributed by atoms with Crippen LogP contribution in [0.15, 0.2) is 36.5 Å². The molecule has 0 saturated carbocycles. The van der Waals surface area contributed by atoms with Gasteiger partial charge in [0, 0.05) is 43.5 Å². The van der Waals surface area contributed by atoms with Crippen LogP contribution in [0, 0.1) is 12.7 Å².